The van der Waals surface area contributed by atoms with E-state index in [1.54, 1.807) is 12.1 Å². The molecule has 0 saturated carbocycles. The molecule has 1 unspecified atom stereocenters. The summed E-state index contributed by atoms with van der Waals surface area (Å²) in [5.41, 5.74) is 1.81. The smallest absolute Gasteiger partial charge is 0.261 e. The van der Waals surface area contributed by atoms with Gasteiger partial charge in [-0.25, -0.2) is 12.8 Å². The topological polar surface area (TPSA) is 82.0 Å². The molecule has 1 atom stereocenters. The minimum atomic E-state index is -3.89. The molecule has 0 bridgehead atoms. The summed E-state index contributed by atoms with van der Waals surface area (Å²) in [5.74, 6) is -0.593. The number of aryl methyl sites for hydroxylation is 1. The van der Waals surface area contributed by atoms with E-state index >= 15 is 0 Å². The molecule has 2 N–H and O–H groups in total. The fourth-order valence-corrected chi connectivity index (χ4v) is 4.17. The lowest BCUT2D eigenvalue weighted by atomic mass is 10.1. The molecule has 0 aliphatic carbocycles. The lowest BCUT2D eigenvalue weighted by Crippen LogP contribution is -2.17. The molecule has 154 valence electrons. The number of anilines is 2. The standard InChI is InChI=1S/C21H16Cl2FN3O2S/c1-13-2-6-16(7-3-13)30(28,29)27-20-9-4-14(22)10-17(20)21(12-25)26-15-5-8-19(24)18(23)11-15/h2-11,21,26-27H,1H3. The number of benzene rings is 3. The van der Waals surface area contributed by atoms with Gasteiger partial charge < -0.3 is 5.32 Å². The third kappa shape index (κ3) is 5.03. The van der Waals surface area contributed by atoms with Crippen molar-refractivity contribution in [1.29, 1.82) is 5.26 Å². The van der Waals surface area contributed by atoms with E-state index in [2.05, 4.69) is 16.1 Å². The molecule has 0 fully saturated rings. The Morgan fingerprint density at radius 2 is 1.73 bits per heavy atom. The van der Waals surface area contributed by atoms with Crippen LogP contribution in [0, 0.1) is 24.1 Å². The van der Waals surface area contributed by atoms with Crippen LogP contribution in [0.25, 0.3) is 0 Å². The van der Waals surface area contributed by atoms with Gasteiger partial charge in [-0.3, -0.25) is 4.72 Å². The van der Waals surface area contributed by atoms with E-state index in [0.717, 1.165) is 11.6 Å². The molecule has 30 heavy (non-hydrogen) atoms. The van der Waals surface area contributed by atoms with Gasteiger partial charge in [-0.15, -0.1) is 0 Å². The third-order valence-corrected chi connectivity index (χ3v) is 6.17. The van der Waals surface area contributed by atoms with Crippen LogP contribution in [0.3, 0.4) is 0 Å². The number of rotatable bonds is 6. The Bertz CT molecular complexity index is 1230. The summed E-state index contributed by atoms with van der Waals surface area (Å²) in [5, 5.41) is 12.8. The van der Waals surface area contributed by atoms with Gasteiger partial charge in [-0.05, 0) is 55.5 Å². The highest BCUT2D eigenvalue weighted by molar-refractivity contribution is 7.92. The second-order valence-corrected chi connectivity index (χ2v) is 9.01. The highest BCUT2D eigenvalue weighted by atomic mass is 35.5. The molecule has 3 aromatic rings. The van der Waals surface area contributed by atoms with Crippen molar-refractivity contribution in [2.45, 2.75) is 17.9 Å². The van der Waals surface area contributed by atoms with Crippen molar-refractivity contribution in [3.63, 3.8) is 0 Å². The van der Waals surface area contributed by atoms with Crippen LogP contribution >= 0.6 is 23.2 Å². The van der Waals surface area contributed by atoms with Crippen LogP contribution in [0.15, 0.2) is 65.6 Å². The minimum Gasteiger partial charge on any atom is -0.366 e. The average molecular weight is 464 g/mol. The van der Waals surface area contributed by atoms with E-state index in [1.807, 2.05) is 6.92 Å². The Morgan fingerprint density at radius 3 is 2.37 bits per heavy atom. The molecule has 5 nitrogen and oxygen atoms in total. The molecule has 0 amide bonds. The van der Waals surface area contributed by atoms with Gasteiger partial charge >= 0.3 is 0 Å². The molecule has 0 radical (unpaired) electrons. The summed E-state index contributed by atoms with van der Waals surface area (Å²) in [4.78, 5) is 0.0841. The lowest BCUT2D eigenvalue weighted by molar-refractivity contribution is 0.601. The van der Waals surface area contributed by atoms with Gasteiger partial charge in [0.1, 0.15) is 11.9 Å². The van der Waals surface area contributed by atoms with Crippen LogP contribution < -0.4 is 10.0 Å². The zero-order valence-corrected chi connectivity index (χ0v) is 18.0. The first-order valence-corrected chi connectivity index (χ1v) is 10.9. The fraction of sp³-hybridized carbons (Fsp3) is 0.0952. The molecular weight excluding hydrogens is 448 g/mol. The second-order valence-electron chi connectivity index (χ2n) is 6.49. The first-order chi connectivity index (χ1) is 14.2. The lowest BCUT2D eigenvalue weighted by Gasteiger charge is -2.19. The van der Waals surface area contributed by atoms with Crippen molar-refractivity contribution in [1.82, 2.24) is 0 Å². The monoisotopic (exact) mass is 463 g/mol. The molecule has 0 aliphatic heterocycles. The summed E-state index contributed by atoms with van der Waals surface area (Å²) in [6.07, 6.45) is 0. The van der Waals surface area contributed by atoms with Crippen molar-refractivity contribution in [2.75, 3.05) is 10.0 Å². The average Bonchev–Trinajstić information content (AvgIpc) is 2.70. The first-order valence-electron chi connectivity index (χ1n) is 8.70. The van der Waals surface area contributed by atoms with Crippen LogP contribution in [0.2, 0.25) is 10.0 Å². The Kier molecular flexibility index (Phi) is 6.52. The molecule has 9 heteroatoms. The predicted molar refractivity (Wildman–Crippen MR) is 117 cm³/mol. The SMILES string of the molecule is Cc1ccc(S(=O)(=O)Nc2ccc(Cl)cc2C(C#N)Nc2ccc(F)c(Cl)c2)cc1. The van der Waals surface area contributed by atoms with Gasteiger partial charge in [-0.1, -0.05) is 40.9 Å². The van der Waals surface area contributed by atoms with E-state index in [1.165, 1.54) is 42.5 Å². The van der Waals surface area contributed by atoms with Gasteiger partial charge in [0.05, 0.1) is 21.7 Å². The van der Waals surface area contributed by atoms with Crippen molar-refractivity contribution >= 4 is 44.6 Å². The largest absolute Gasteiger partial charge is 0.366 e. The number of nitrogens with zero attached hydrogens (tertiary/aromatic N) is 1. The number of hydrogen-bond donors (Lipinski definition) is 2. The Labute approximate surface area is 184 Å². The summed E-state index contributed by atoms with van der Waals surface area (Å²) in [6.45, 7) is 1.85. The molecule has 0 aliphatic rings. The van der Waals surface area contributed by atoms with E-state index in [4.69, 9.17) is 23.2 Å². The van der Waals surface area contributed by atoms with E-state index in [0.29, 0.717) is 16.3 Å². The Balaban J connectivity index is 1.96. The molecule has 3 rings (SSSR count). The minimum absolute atomic E-state index is 0.0841. The number of hydrogen-bond acceptors (Lipinski definition) is 4. The zero-order chi connectivity index (χ0) is 21.9. The maximum absolute atomic E-state index is 13.4. The molecule has 0 saturated heterocycles. The number of nitriles is 1. The molecule has 0 spiro atoms. The van der Waals surface area contributed by atoms with E-state index in [-0.39, 0.29) is 15.6 Å². The Morgan fingerprint density at radius 1 is 1.03 bits per heavy atom. The van der Waals surface area contributed by atoms with Crippen LogP contribution in [0.4, 0.5) is 15.8 Å². The van der Waals surface area contributed by atoms with Gasteiger partial charge in [0.15, 0.2) is 0 Å². The van der Waals surface area contributed by atoms with Crippen LogP contribution in [-0.4, -0.2) is 8.42 Å². The maximum Gasteiger partial charge on any atom is 0.261 e. The van der Waals surface area contributed by atoms with Crippen molar-refractivity contribution in [3.05, 3.63) is 87.7 Å². The fourth-order valence-electron chi connectivity index (χ4n) is 2.72. The summed E-state index contributed by atoms with van der Waals surface area (Å²) >= 11 is 11.9. The molecular formula is C21H16Cl2FN3O2S. The normalized spacial score (nSPS) is 12.1. The first kappa shape index (κ1) is 21.9. The summed E-state index contributed by atoms with van der Waals surface area (Å²) in [7, 11) is -3.89. The molecule has 0 aromatic heterocycles. The van der Waals surface area contributed by atoms with Crippen LogP contribution in [-0.2, 0) is 10.0 Å². The van der Waals surface area contributed by atoms with Gasteiger partial charge in [-0.2, -0.15) is 5.26 Å². The van der Waals surface area contributed by atoms with Crippen molar-refractivity contribution in [3.8, 4) is 6.07 Å². The van der Waals surface area contributed by atoms with E-state index in [9.17, 15) is 18.1 Å². The van der Waals surface area contributed by atoms with Gasteiger partial charge in [0, 0.05) is 16.3 Å². The number of halogens is 3. The van der Waals surface area contributed by atoms with Gasteiger partial charge in [0.2, 0.25) is 0 Å². The highest BCUT2D eigenvalue weighted by Gasteiger charge is 2.21. The number of nitrogens with one attached hydrogen (secondary N) is 2. The van der Waals surface area contributed by atoms with Crippen molar-refractivity contribution in [2.24, 2.45) is 0 Å². The summed E-state index contributed by atoms with van der Waals surface area (Å²) < 4.78 is 41.5. The van der Waals surface area contributed by atoms with Gasteiger partial charge in [0.25, 0.3) is 10.0 Å². The molecule has 3 aromatic carbocycles. The maximum atomic E-state index is 13.4. The predicted octanol–water partition coefficient (Wildman–Crippen LogP) is 5.92. The highest BCUT2D eigenvalue weighted by Crippen LogP contribution is 2.31. The quantitative estimate of drug-likeness (QED) is 0.475. The Hall–Kier alpha value is -2.79. The van der Waals surface area contributed by atoms with Crippen molar-refractivity contribution < 1.29 is 12.8 Å². The summed E-state index contributed by atoms with van der Waals surface area (Å²) in [6, 6.07) is 15.8. The molecule has 0 heterocycles. The number of sulfonamides is 1. The van der Waals surface area contributed by atoms with E-state index < -0.39 is 21.9 Å². The van der Waals surface area contributed by atoms with Crippen LogP contribution in [0.1, 0.15) is 17.2 Å². The zero-order valence-electron chi connectivity index (χ0n) is 15.7. The second kappa shape index (κ2) is 8.92. The third-order valence-electron chi connectivity index (χ3n) is 4.26. The van der Waals surface area contributed by atoms with Crippen LogP contribution in [0.5, 0.6) is 0 Å².